The summed E-state index contributed by atoms with van der Waals surface area (Å²) >= 11 is 0. The van der Waals surface area contributed by atoms with Crippen LogP contribution >= 0.6 is 0 Å². The van der Waals surface area contributed by atoms with Gasteiger partial charge >= 0.3 is 0 Å². The summed E-state index contributed by atoms with van der Waals surface area (Å²) in [7, 11) is 0. The fraction of sp³-hybridized carbons (Fsp3) is 0.900. The standard InChI is InChI=1S/C20H36FN5O/c1-12-10-16(22-2)26-20(24-12)25-15-11-14-6-9-27-19(14)17(18(15)21)13-4-3-7-23-8-5-13/h5,12,14-20,22-26H,3-4,6-11H2,1-2H3/i1D,2D3. The second-order valence-corrected chi connectivity index (χ2v) is 8.35. The van der Waals surface area contributed by atoms with Crippen LogP contribution in [0.25, 0.3) is 0 Å². The van der Waals surface area contributed by atoms with E-state index in [0.29, 0.717) is 25.4 Å². The van der Waals surface area contributed by atoms with Crippen LogP contribution in [0.2, 0.25) is 0 Å². The largest absolute Gasteiger partial charge is 0.377 e. The van der Waals surface area contributed by atoms with Crippen molar-refractivity contribution in [1.29, 1.82) is 0 Å². The highest BCUT2D eigenvalue weighted by Crippen LogP contribution is 2.44. The molecule has 1 aliphatic carbocycles. The lowest BCUT2D eigenvalue weighted by Gasteiger charge is -2.45. The molecule has 6 nitrogen and oxygen atoms in total. The van der Waals surface area contributed by atoms with Crippen LogP contribution in [0.4, 0.5) is 4.39 Å². The molecular weight excluding hydrogens is 345 g/mol. The summed E-state index contributed by atoms with van der Waals surface area (Å²) in [5.41, 5.74) is 1.16. The van der Waals surface area contributed by atoms with Crippen molar-refractivity contribution in [3.8, 4) is 0 Å². The van der Waals surface area contributed by atoms with Crippen molar-refractivity contribution in [2.75, 3.05) is 26.7 Å². The van der Waals surface area contributed by atoms with Gasteiger partial charge in [-0.1, -0.05) is 11.6 Å². The third kappa shape index (κ3) is 4.38. The predicted molar refractivity (Wildman–Crippen MR) is 105 cm³/mol. The minimum atomic E-state index is -2.28. The van der Waals surface area contributed by atoms with Gasteiger partial charge in [-0.15, -0.1) is 0 Å². The van der Waals surface area contributed by atoms with E-state index in [0.717, 1.165) is 37.9 Å². The van der Waals surface area contributed by atoms with Crippen LogP contribution in [0, 0.1) is 11.8 Å². The number of hydrogen-bond donors (Lipinski definition) is 5. The Morgan fingerprint density at radius 3 is 3.19 bits per heavy atom. The first-order valence-corrected chi connectivity index (χ1v) is 10.3. The molecular formula is C20H36FN5O. The summed E-state index contributed by atoms with van der Waals surface area (Å²) in [6.45, 7) is 0.251. The minimum absolute atomic E-state index is 0.0596. The van der Waals surface area contributed by atoms with Gasteiger partial charge in [0.25, 0.3) is 0 Å². The van der Waals surface area contributed by atoms with Gasteiger partial charge in [0.15, 0.2) is 0 Å². The molecule has 3 fully saturated rings. The maximum atomic E-state index is 16.0. The monoisotopic (exact) mass is 385 g/mol. The Balaban J connectivity index is 1.47. The first kappa shape index (κ1) is 15.3. The molecule has 2 saturated heterocycles. The van der Waals surface area contributed by atoms with E-state index in [2.05, 4.69) is 32.7 Å². The highest BCUT2D eigenvalue weighted by Gasteiger charge is 2.49. The Bertz CT molecular complexity index is 639. The molecule has 5 N–H and O–H groups in total. The lowest BCUT2D eigenvalue weighted by Crippen LogP contribution is -2.69. The molecule has 154 valence electrons. The molecule has 4 aliphatic rings. The normalized spacial score (nSPS) is 48.4. The van der Waals surface area contributed by atoms with Crippen molar-refractivity contribution < 1.29 is 14.6 Å². The third-order valence-corrected chi connectivity index (χ3v) is 6.50. The molecule has 27 heavy (non-hydrogen) atoms. The van der Waals surface area contributed by atoms with E-state index in [4.69, 9.17) is 10.2 Å². The molecule has 3 heterocycles. The summed E-state index contributed by atoms with van der Waals surface area (Å²) in [6, 6.07) is -0.540. The summed E-state index contributed by atoms with van der Waals surface area (Å²) < 4.78 is 52.2. The molecule has 0 aromatic rings. The van der Waals surface area contributed by atoms with Crippen LogP contribution in [-0.4, -0.2) is 63.5 Å². The first-order valence-electron chi connectivity index (χ1n) is 12.5. The van der Waals surface area contributed by atoms with Crippen LogP contribution in [0.1, 0.15) is 44.5 Å². The third-order valence-electron chi connectivity index (χ3n) is 6.50. The lowest BCUT2D eigenvalue weighted by molar-refractivity contribution is -0.0262. The van der Waals surface area contributed by atoms with Crippen LogP contribution in [0.3, 0.4) is 0 Å². The topological polar surface area (TPSA) is 69.4 Å². The smallest absolute Gasteiger partial charge is 0.124 e. The summed E-state index contributed by atoms with van der Waals surface area (Å²) in [5, 5.41) is 15.8. The Morgan fingerprint density at radius 1 is 1.33 bits per heavy atom. The lowest BCUT2D eigenvalue weighted by atomic mass is 9.71. The van der Waals surface area contributed by atoms with E-state index in [1.165, 1.54) is 0 Å². The van der Waals surface area contributed by atoms with Crippen molar-refractivity contribution >= 4 is 0 Å². The SMILES string of the molecule is [2H]CC1CC(NC([2H])([2H])[2H])NC(NC2CC3CCOC3C(C3=CCNCCC3)C2F)N1. The first-order chi connectivity index (χ1) is 14.8. The number of ether oxygens (including phenoxy) is 1. The van der Waals surface area contributed by atoms with Crippen LogP contribution in [0.15, 0.2) is 11.6 Å². The molecule has 3 aliphatic heterocycles. The summed E-state index contributed by atoms with van der Waals surface area (Å²) in [5.74, 6) is 0.0731. The predicted octanol–water partition coefficient (Wildman–Crippen LogP) is 0.818. The van der Waals surface area contributed by atoms with Gasteiger partial charge in [-0.2, -0.15) is 0 Å². The fourth-order valence-electron chi connectivity index (χ4n) is 5.21. The van der Waals surface area contributed by atoms with Gasteiger partial charge in [-0.3, -0.25) is 16.0 Å². The average molecular weight is 386 g/mol. The zero-order chi connectivity index (χ0) is 22.0. The van der Waals surface area contributed by atoms with E-state index in [9.17, 15) is 0 Å². The van der Waals surface area contributed by atoms with Crippen LogP contribution < -0.4 is 26.6 Å². The van der Waals surface area contributed by atoms with Gasteiger partial charge < -0.3 is 15.4 Å². The van der Waals surface area contributed by atoms with Gasteiger partial charge in [0.1, 0.15) is 12.5 Å². The average Bonchev–Trinajstić information content (AvgIpc) is 3.00. The molecule has 1 saturated carbocycles. The highest BCUT2D eigenvalue weighted by molar-refractivity contribution is 5.18. The maximum Gasteiger partial charge on any atom is 0.124 e. The van der Waals surface area contributed by atoms with Gasteiger partial charge in [-0.05, 0) is 58.4 Å². The molecule has 8 unspecified atom stereocenters. The van der Waals surface area contributed by atoms with Gasteiger partial charge in [0.2, 0.25) is 0 Å². The van der Waals surface area contributed by atoms with Crippen molar-refractivity contribution in [1.82, 2.24) is 26.6 Å². The zero-order valence-corrected chi connectivity index (χ0v) is 15.8. The number of rotatable bonds is 4. The summed E-state index contributed by atoms with van der Waals surface area (Å²) in [4.78, 5) is 0. The Morgan fingerprint density at radius 2 is 2.30 bits per heavy atom. The van der Waals surface area contributed by atoms with E-state index < -0.39 is 25.6 Å². The van der Waals surface area contributed by atoms with Crippen molar-refractivity contribution in [3.05, 3.63) is 11.6 Å². The molecule has 7 heteroatoms. The number of fused-ring (bicyclic) bond motifs is 1. The van der Waals surface area contributed by atoms with E-state index >= 15 is 4.39 Å². The Kier molecular flexibility index (Phi) is 5.01. The maximum absolute atomic E-state index is 16.0. The molecule has 0 aromatic carbocycles. The van der Waals surface area contributed by atoms with E-state index in [1.54, 1.807) is 0 Å². The number of nitrogens with one attached hydrogen (secondary N) is 5. The number of halogens is 1. The Hall–Kier alpha value is -0.570. The van der Waals surface area contributed by atoms with E-state index in [1.807, 2.05) is 0 Å². The van der Waals surface area contributed by atoms with Gasteiger partial charge in [-0.25, -0.2) is 4.39 Å². The fourth-order valence-corrected chi connectivity index (χ4v) is 5.21. The number of hydrogen-bond acceptors (Lipinski definition) is 6. The van der Waals surface area contributed by atoms with E-state index in [-0.39, 0.29) is 31.0 Å². The molecule has 0 bridgehead atoms. The van der Waals surface area contributed by atoms with Crippen molar-refractivity contribution in [2.24, 2.45) is 11.8 Å². The molecule has 0 radical (unpaired) electrons. The quantitative estimate of drug-likeness (QED) is 0.462. The molecule has 8 atom stereocenters. The van der Waals surface area contributed by atoms with Crippen LogP contribution in [-0.2, 0) is 4.74 Å². The zero-order valence-electron chi connectivity index (χ0n) is 19.8. The van der Waals surface area contributed by atoms with Crippen molar-refractivity contribution in [2.45, 2.75) is 75.8 Å². The minimum Gasteiger partial charge on any atom is -0.377 e. The molecule has 0 spiro atoms. The van der Waals surface area contributed by atoms with Gasteiger partial charge in [0.05, 0.1) is 12.3 Å². The van der Waals surface area contributed by atoms with Gasteiger partial charge in [0, 0.05) is 36.6 Å². The molecule has 0 aromatic heterocycles. The second-order valence-electron chi connectivity index (χ2n) is 8.35. The Labute approximate surface area is 168 Å². The second kappa shape index (κ2) is 8.84. The van der Waals surface area contributed by atoms with Crippen molar-refractivity contribution in [3.63, 3.8) is 0 Å². The molecule has 4 rings (SSSR count). The highest BCUT2D eigenvalue weighted by atomic mass is 19.1. The summed E-state index contributed by atoms with van der Waals surface area (Å²) in [6.07, 6.45) is 4.08. The number of alkyl halides is 1. The van der Waals surface area contributed by atoms with Crippen LogP contribution in [0.5, 0.6) is 0 Å². The molecule has 0 amide bonds.